The Labute approximate surface area is 108 Å². The van der Waals surface area contributed by atoms with Gasteiger partial charge in [0.1, 0.15) is 5.75 Å². The third-order valence-corrected chi connectivity index (χ3v) is 3.40. The zero-order valence-electron chi connectivity index (χ0n) is 9.68. The molecule has 0 amide bonds. The first-order chi connectivity index (χ1) is 8.38. The predicted octanol–water partition coefficient (Wildman–Crippen LogP) is 3.61. The largest absolute Gasteiger partial charge is 0.495 e. The van der Waals surface area contributed by atoms with Crippen LogP contribution in [0.3, 0.4) is 0 Å². The Bertz CT molecular complexity index is 441. The third-order valence-electron chi connectivity index (χ3n) is 3.11. The summed E-state index contributed by atoms with van der Waals surface area (Å²) in [6, 6.07) is 4.61. The predicted molar refractivity (Wildman–Crippen MR) is 61.1 cm³/mol. The van der Waals surface area contributed by atoms with Crippen molar-refractivity contribution >= 4 is 11.6 Å². The van der Waals surface area contributed by atoms with Crippen molar-refractivity contribution in [3.05, 3.63) is 28.8 Å². The van der Waals surface area contributed by atoms with E-state index >= 15 is 0 Å². The summed E-state index contributed by atoms with van der Waals surface area (Å²) in [5.74, 6) is 0.441. The molecular weight excluding hydrogens is 269 g/mol. The topological polar surface area (TPSA) is 18.5 Å². The highest BCUT2D eigenvalue weighted by molar-refractivity contribution is 6.32. The van der Waals surface area contributed by atoms with Gasteiger partial charge in [-0.3, -0.25) is 0 Å². The third kappa shape index (κ3) is 2.29. The Hall–Kier alpha value is -0.940. The Balaban J connectivity index is 2.21. The standard InChI is InChI=1S/C12H12ClF3O2/c1-17-10-3-2-8(6-9(10)13)7-11(4-5-18-11)12(14,15)16/h2-3,6H,4-5,7H2,1H3. The van der Waals surface area contributed by atoms with Gasteiger partial charge < -0.3 is 9.47 Å². The highest BCUT2D eigenvalue weighted by atomic mass is 35.5. The second kappa shape index (κ2) is 4.63. The fourth-order valence-electron chi connectivity index (χ4n) is 1.96. The zero-order chi connectivity index (χ0) is 13.4. The molecule has 1 saturated heterocycles. The summed E-state index contributed by atoms with van der Waals surface area (Å²) in [4.78, 5) is 0. The van der Waals surface area contributed by atoms with Crippen LogP contribution in [0.4, 0.5) is 13.2 Å². The van der Waals surface area contributed by atoms with Crippen molar-refractivity contribution in [1.82, 2.24) is 0 Å². The minimum Gasteiger partial charge on any atom is -0.495 e. The summed E-state index contributed by atoms with van der Waals surface area (Å²) in [5.41, 5.74) is -1.57. The van der Waals surface area contributed by atoms with Gasteiger partial charge in [0.25, 0.3) is 0 Å². The number of benzene rings is 1. The molecule has 0 N–H and O–H groups in total. The van der Waals surface area contributed by atoms with Crippen LogP contribution in [0, 0.1) is 0 Å². The van der Waals surface area contributed by atoms with Crippen molar-refractivity contribution in [2.45, 2.75) is 24.6 Å². The molecule has 1 aromatic carbocycles. The van der Waals surface area contributed by atoms with E-state index in [4.69, 9.17) is 21.1 Å². The molecule has 6 heteroatoms. The van der Waals surface area contributed by atoms with Crippen molar-refractivity contribution in [2.75, 3.05) is 13.7 Å². The SMILES string of the molecule is COc1ccc(CC2(C(F)(F)F)CCO2)cc1Cl. The van der Waals surface area contributed by atoms with E-state index in [-0.39, 0.29) is 19.4 Å². The number of rotatable bonds is 3. The van der Waals surface area contributed by atoms with Gasteiger partial charge in [-0.1, -0.05) is 17.7 Å². The number of alkyl halides is 3. The molecular formula is C12H12ClF3O2. The summed E-state index contributed by atoms with van der Waals surface area (Å²) in [5, 5.41) is 0.298. The van der Waals surface area contributed by atoms with Crippen LogP contribution in [0.2, 0.25) is 5.02 Å². The molecule has 1 unspecified atom stereocenters. The van der Waals surface area contributed by atoms with Gasteiger partial charge in [-0.2, -0.15) is 13.2 Å². The average Bonchev–Trinajstić information content (AvgIpc) is 2.22. The van der Waals surface area contributed by atoms with E-state index in [2.05, 4.69) is 0 Å². The number of hydrogen-bond donors (Lipinski definition) is 0. The Morgan fingerprint density at radius 1 is 1.44 bits per heavy atom. The quantitative estimate of drug-likeness (QED) is 0.842. The normalized spacial score (nSPS) is 23.6. The molecule has 1 aromatic rings. The number of halogens is 4. The maximum atomic E-state index is 12.9. The van der Waals surface area contributed by atoms with E-state index in [1.54, 1.807) is 12.1 Å². The molecule has 2 rings (SSSR count). The van der Waals surface area contributed by atoms with Crippen LogP contribution in [0.5, 0.6) is 5.75 Å². The molecule has 1 heterocycles. The van der Waals surface area contributed by atoms with Crippen molar-refractivity contribution in [3.63, 3.8) is 0 Å². The van der Waals surface area contributed by atoms with Crippen LogP contribution < -0.4 is 4.74 Å². The number of methoxy groups -OCH3 is 1. The van der Waals surface area contributed by atoms with Crippen LogP contribution in [-0.4, -0.2) is 25.5 Å². The van der Waals surface area contributed by atoms with Crippen molar-refractivity contribution < 1.29 is 22.6 Å². The van der Waals surface area contributed by atoms with Crippen molar-refractivity contribution in [1.29, 1.82) is 0 Å². The summed E-state index contributed by atoms with van der Waals surface area (Å²) >= 11 is 5.89. The summed E-state index contributed by atoms with van der Waals surface area (Å²) in [6.07, 6.45) is -4.60. The summed E-state index contributed by atoms with van der Waals surface area (Å²) in [7, 11) is 1.45. The fraction of sp³-hybridized carbons (Fsp3) is 0.500. The minimum atomic E-state index is -4.36. The number of hydrogen-bond acceptors (Lipinski definition) is 2. The molecule has 0 aromatic heterocycles. The molecule has 1 atom stereocenters. The monoisotopic (exact) mass is 280 g/mol. The van der Waals surface area contributed by atoms with Gasteiger partial charge in [-0.05, 0) is 17.7 Å². The zero-order valence-corrected chi connectivity index (χ0v) is 10.4. The maximum absolute atomic E-state index is 12.9. The Morgan fingerprint density at radius 2 is 2.11 bits per heavy atom. The van der Waals surface area contributed by atoms with Gasteiger partial charge in [0.05, 0.1) is 18.7 Å². The lowest BCUT2D eigenvalue weighted by atomic mass is 9.86. The first-order valence-corrected chi connectivity index (χ1v) is 5.79. The molecule has 0 saturated carbocycles. The van der Waals surface area contributed by atoms with Gasteiger partial charge >= 0.3 is 6.18 Å². The van der Waals surface area contributed by atoms with Crippen molar-refractivity contribution in [2.24, 2.45) is 0 Å². The van der Waals surface area contributed by atoms with Gasteiger partial charge in [-0.15, -0.1) is 0 Å². The molecule has 1 aliphatic rings. The molecule has 0 aliphatic carbocycles. The maximum Gasteiger partial charge on any atom is 0.417 e. The van der Waals surface area contributed by atoms with Crippen molar-refractivity contribution in [3.8, 4) is 5.75 Å². The van der Waals surface area contributed by atoms with Gasteiger partial charge in [-0.25, -0.2) is 0 Å². The second-order valence-electron chi connectivity index (χ2n) is 4.24. The molecule has 0 spiro atoms. The van der Waals surface area contributed by atoms with Gasteiger partial charge in [0, 0.05) is 12.8 Å². The van der Waals surface area contributed by atoms with Gasteiger partial charge in [0.2, 0.25) is 0 Å². The van der Waals surface area contributed by atoms with E-state index in [1.807, 2.05) is 0 Å². The van der Waals surface area contributed by atoms with Crippen LogP contribution in [-0.2, 0) is 11.2 Å². The molecule has 1 aliphatic heterocycles. The van der Waals surface area contributed by atoms with E-state index in [0.29, 0.717) is 16.3 Å². The van der Waals surface area contributed by atoms with Gasteiger partial charge in [0.15, 0.2) is 5.60 Å². The molecule has 18 heavy (non-hydrogen) atoms. The van der Waals surface area contributed by atoms with Crippen LogP contribution in [0.15, 0.2) is 18.2 Å². The van der Waals surface area contributed by atoms with E-state index in [9.17, 15) is 13.2 Å². The lowest BCUT2D eigenvalue weighted by Gasteiger charge is -2.43. The van der Waals surface area contributed by atoms with Crippen LogP contribution in [0.25, 0.3) is 0 Å². The fourth-order valence-corrected chi connectivity index (χ4v) is 2.24. The highest BCUT2D eigenvalue weighted by Crippen LogP contribution is 2.45. The molecule has 0 bridgehead atoms. The first kappa shape index (κ1) is 13.5. The minimum absolute atomic E-state index is 0.0137. The van der Waals surface area contributed by atoms with Crippen LogP contribution >= 0.6 is 11.6 Å². The molecule has 1 fully saturated rings. The highest BCUT2D eigenvalue weighted by Gasteiger charge is 2.59. The summed E-state index contributed by atoms with van der Waals surface area (Å²) < 4.78 is 48.5. The molecule has 0 radical (unpaired) electrons. The lowest BCUT2D eigenvalue weighted by Crippen LogP contribution is -2.57. The Morgan fingerprint density at radius 3 is 2.50 bits per heavy atom. The van der Waals surface area contributed by atoms with E-state index in [1.165, 1.54) is 13.2 Å². The lowest BCUT2D eigenvalue weighted by molar-refractivity contribution is -0.324. The summed E-state index contributed by atoms with van der Waals surface area (Å²) in [6.45, 7) is 0.142. The van der Waals surface area contributed by atoms with Crippen LogP contribution in [0.1, 0.15) is 12.0 Å². The van der Waals surface area contributed by atoms with E-state index < -0.39 is 11.8 Å². The average molecular weight is 281 g/mol. The molecule has 2 nitrogen and oxygen atoms in total. The molecule has 100 valence electrons. The first-order valence-electron chi connectivity index (χ1n) is 5.41. The second-order valence-corrected chi connectivity index (χ2v) is 4.64. The van der Waals surface area contributed by atoms with E-state index in [0.717, 1.165) is 0 Å². The Kier molecular flexibility index (Phi) is 3.47. The number of ether oxygens (including phenoxy) is 2. The smallest absolute Gasteiger partial charge is 0.417 e.